The third kappa shape index (κ3) is 8.76. The minimum absolute atomic E-state index is 1.06. The smallest absolute Gasteiger partial charge is 0.0263 e. The number of hydrogen-bond acceptors (Lipinski definition) is 0. The maximum atomic E-state index is 3.74. The van der Waals surface area contributed by atoms with Crippen LogP contribution < -0.4 is 0 Å². The van der Waals surface area contributed by atoms with Crippen LogP contribution in [0.1, 0.15) is 25.3 Å². The molecule has 80 valence electrons. The van der Waals surface area contributed by atoms with Gasteiger partial charge in [0.25, 0.3) is 0 Å². The summed E-state index contributed by atoms with van der Waals surface area (Å²) in [5.74, 6) is 0. The molecule has 0 radical (unpaired) electrons. The molecular weight excluding hydrogens is 180 g/mol. The lowest BCUT2D eigenvalue weighted by Gasteiger charge is -1.88. The lowest BCUT2D eigenvalue weighted by Crippen LogP contribution is -1.68. The summed E-state index contributed by atoms with van der Waals surface area (Å²) in [5, 5.41) is 0. The van der Waals surface area contributed by atoms with Crippen LogP contribution in [0, 0.1) is 0 Å². The van der Waals surface area contributed by atoms with Gasteiger partial charge in [-0.1, -0.05) is 54.6 Å². The first-order valence-electron chi connectivity index (χ1n) is 5.13. The van der Waals surface area contributed by atoms with Crippen LogP contribution in [-0.2, 0) is 0 Å². The van der Waals surface area contributed by atoms with Crippen LogP contribution in [0.25, 0.3) is 6.08 Å². The minimum atomic E-state index is 1.06. The van der Waals surface area contributed by atoms with Gasteiger partial charge in [-0.15, -0.1) is 13.2 Å². The van der Waals surface area contributed by atoms with Crippen LogP contribution in [0.2, 0.25) is 0 Å². The summed E-state index contributed by atoms with van der Waals surface area (Å²) in [6.07, 6.45) is 5.90. The maximum absolute atomic E-state index is 3.74. The van der Waals surface area contributed by atoms with E-state index in [1.54, 1.807) is 0 Å². The van der Waals surface area contributed by atoms with Gasteiger partial charge in [-0.25, -0.2) is 0 Å². The highest BCUT2D eigenvalue weighted by Gasteiger charge is 1.78. The fourth-order valence-corrected chi connectivity index (χ4v) is 0.938. The molecule has 1 aromatic rings. The predicted octanol–water partition coefficient (Wildman–Crippen LogP) is 4.86. The Morgan fingerprint density at radius 1 is 1.20 bits per heavy atom. The number of allylic oxidation sites excluding steroid dienone is 2. The van der Waals surface area contributed by atoms with Crippen molar-refractivity contribution in [3.8, 4) is 0 Å². The highest BCUT2D eigenvalue weighted by atomic mass is 13.8. The molecular formula is C15H20. The van der Waals surface area contributed by atoms with Crippen molar-refractivity contribution in [2.45, 2.75) is 19.8 Å². The van der Waals surface area contributed by atoms with E-state index >= 15 is 0 Å². The van der Waals surface area contributed by atoms with Crippen molar-refractivity contribution in [1.82, 2.24) is 0 Å². The van der Waals surface area contributed by atoms with Crippen molar-refractivity contribution in [3.63, 3.8) is 0 Å². The summed E-state index contributed by atoms with van der Waals surface area (Å²) in [7, 11) is 0. The van der Waals surface area contributed by atoms with Gasteiger partial charge in [0, 0.05) is 0 Å². The van der Waals surface area contributed by atoms with E-state index in [4.69, 9.17) is 0 Å². The second-order valence-electron chi connectivity index (χ2n) is 3.40. The Kier molecular flexibility index (Phi) is 8.08. The summed E-state index contributed by atoms with van der Waals surface area (Å²) in [4.78, 5) is 0. The van der Waals surface area contributed by atoms with E-state index in [9.17, 15) is 0 Å². The van der Waals surface area contributed by atoms with Crippen molar-refractivity contribution in [2.75, 3.05) is 0 Å². The molecule has 0 aromatic heterocycles. The Labute approximate surface area is 93.7 Å². The highest BCUT2D eigenvalue weighted by Crippen LogP contribution is 1.98. The molecule has 0 unspecified atom stereocenters. The van der Waals surface area contributed by atoms with Gasteiger partial charge in [-0.3, -0.25) is 0 Å². The quantitative estimate of drug-likeness (QED) is 0.609. The third-order valence-electron chi connectivity index (χ3n) is 1.81. The summed E-state index contributed by atoms with van der Waals surface area (Å²) >= 11 is 0. The molecule has 0 aliphatic rings. The van der Waals surface area contributed by atoms with E-state index in [2.05, 4.69) is 19.7 Å². The Balaban J connectivity index is 0.000000265. The summed E-state index contributed by atoms with van der Waals surface area (Å²) < 4.78 is 0. The van der Waals surface area contributed by atoms with Crippen molar-refractivity contribution in [1.29, 1.82) is 0 Å². The van der Waals surface area contributed by atoms with Crippen molar-refractivity contribution in [3.05, 3.63) is 67.3 Å². The van der Waals surface area contributed by atoms with Gasteiger partial charge in [-0.2, -0.15) is 0 Å². The normalized spacial score (nSPS) is 8.33. The molecule has 1 rings (SSSR count). The molecule has 0 N–H and O–H groups in total. The molecule has 0 fully saturated rings. The van der Waals surface area contributed by atoms with Crippen molar-refractivity contribution in [2.24, 2.45) is 0 Å². The van der Waals surface area contributed by atoms with E-state index in [1.807, 2.05) is 49.4 Å². The van der Waals surface area contributed by atoms with Crippen LogP contribution in [0.5, 0.6) is 0 Å². The first-order valence-corrected chi connectivity index (χ1v) is 5.13. The largest absolute Gasteiger partial charge is 0.103 e. The molecule has 0 spiro atoms. The Morgan fingerprint density at radius 3 is 2.07 bits per heavy atom. The Hall–Kier alpha value is -1.56. The standard InChI is InChI=1S/C8H8.C7H12/c1-2-8-6-4-3-5-7-8;1-4-5-6-7(2)3/h2-7H,1H2;4H,1-2,5-6H2,3H3. The van der Waals surface area contributed by atoms with Crippen molar-refractivity contribution < 1.29 is 0 Å². The molecule has 0 saturated heterocycles. The Bertz CT molecular complexity index is 293. The first-order chi connectivity index (χ1) is 7.20. The molecule has 0 aliphatic heterocycles. The van der Waals surface area contributed by atoms with Gasteiger partial charge < -0.3 is 0 Å². The van der Waals surface area contributed by atoms with Gasteiger partial charge in [0.05, 0.1) is 0 Å². The Morgan fingerprint density at radius 2 is 1.80 bits per heavy atom. The lowest BCUT2D eigenvalue weighted by molar-refractivity contribution is 0.986. The average molecular weight is 200 g/mol. The topological polar surface area (TPSA) is 0 Å². The maximum Gasteiger partial charge on any atom is -0.0263 e. The van der Waals surface area contributed by atoms with Gasteiger partial charge in [-0.05, 0) is 25.3 Å². The van der Waals surface area contributed by atoms with Crippen LogP contribution in [0.3, 0.4) is 0 Å². The second kappa shape index (κ2) is 9.01. The van der Waals surface area contributed by atoms with E-state index < -0.39 is 0 Å². The number of hydrogen-bond donors (Lipinski definition) is 0. The van der Waals surface area contributed by atoms with E-state index in [-0.39, 0.29) is 0 Å². The molecule has 0 heteroatoms. The van der Waals surface area contributed by atoms with Crippen LogP contribution in [0.15, 0.2) is 61.7 Å². The van der Waals surface area contributed by atoms with Crippen LogP contribution in [-0.4, -0.2) is 0 Å². The molecule has 0 amide bonds. The van der Waals surface area contributed by atoms with Gasteiger partial charge in [0.2, 0.25) is 0 Å². The molecule has 1 aromatic carbocycles. The van der Waals surface area contributed by atoms with Crippen molar-refractivity contribution >= 4 is 6.08 Å². The zero-order valence-corrected chi connectivity index (χ0v) is 9.58. The van der Waals surface area contributed by atoms with E-state index in [0.717, 1.165) is 12.8 Å². The molecule has 0 atom stereocenters. The molecule has 0 heterocycles. The lowest BCUT2D eigenvalue weighted by atomic mass is 10.2. The van der Waals surface area contributed by atoms with Gasteiger partial charge >= 0.3 is 0 Å². The second-order valence-corrected chi connectivity index (χ2v) is 3.40. The summed E-state index contributed by atoms with van der Waals surface area (Å²) in [6.45, 7) is 13.0. The molecule has 15 heavy (non-hydrogen) atoms. The summed E-state index contributed by atoms with van der Waals surface area (Å²) in [6, 6.07) is 10.0. The average Bonchev–Trinajstić information content (AvgIpc) is 2.28. The fraction of sp³-hybridized carbons (Fsp3) is 0.200. The zero-order valence-electron chi connectivity index (χ0n) is 9.58. The summed E-state index contributed by atoms with van der Waals surface area (Å²) in [5.41, 5.74) is 2.41. The third-order valence-corrected chi connectivity index (χ3v) is 1.81. The monoisotopic (exact) mass is 200 g/mol. The SMILES string of the molecule is C=CCCC(=C)C.C=Cc1ccccc1. The molecule has 0 nitrogen and oxygen atoms in total. The van der Waals surface area contributed by atoms with E-state index in [0.29, 0.717) is 0 Å². The zero-order chi connectivity index (χ0) is 11.5. The van der Waals surface area contributed by atoms with E-state index in [1.165, 1.54) is 11.1 Å². The first kappa shape index (κ1) is 13.4. The number of benzene rings is 1. The van der Waals surface area contributed by atoms with Gasteiger partial charge in [0.15, 0.2) is 0 Å². The fourth-order valence-electron chi connectivity index (χ4n) is 0.938. The molecule has 0 aliphatic carbocycles. The molecule has 0 bridgehead atoms. The molecule has 0 saturated carbocycles. The predicted molar refractivity (Wildman–Crippen MR) is 70.8 cm³/mol. The van der Waals surface area contributed by atoms with Crippen LogP contribution >= 0.6 is 0 Å². The number of rotatable bonds is 4. The minimum Gasteiger partial charge on any atom is -0.103 e. The highest BCUT2D eigenvalue weighted by molar-refractivity contribution is 5.45. The van der Waals surface area contributed by atoms with Crippen LogP contribution in [0.4, 0.5) is 0 Å². The van der Waals surface area contributed by atoms with Gasteiger partial charge in [0.1, 0.15) is 0 Å².